The van der Waals surface area contributed by atoms with E-state index in [-0.39, 0.29) is 29.6 Å². The lowest BCUT2D eigenvalue weighted by molar-refractivity contribution is -0.140. The molecule has 0 aromatic heterocycles. The highest BCUT2D eigenvalue weighted by Crippen LogP contribution is 2.33. The van der Waals surface area contributed by atoms with Crippen LogP contribution in [0.1, 0.15) is 36.0 Å². The van der Waals surface area contributed by atoms with E-state index >= 15 is 0 Å². The number of benzene rings is 1. The standard InChI is InChI=1S/C23H31N3O5/c1-30-19-4-2-3-18(15-19)21(27)24-20(23(29)26-11-13-31-14-12-26)16-7-9-25(10-8-16)22(28)17-5-6-17/h2-4,15-17,20H,5-14H2,1H3,(H,24,27)/t20-/m1/s1. The second-order valence-electron chi connectivity index (χ2n) is 8.56. The topological polar surface area (TPSA) is 88.2 Å². The molecule has 1 aromatic rings. The molecule has 1 saturated carbocycles. The Morgan fingerprint density at radius 2 is 1.74 bits per heavy atom. The van der Waals surface area contributed by atoms with E-state index in [1.807, 2.05) is 4.90 Å². The summed E-state index contributed by atoms with van der Waals surface area (Å²) in [6.07, 6.45) is 3.40. The van der Waals surface area contributed by atoms with Gasteiger partial charge in [-0.15, -0.1) is 0 Å². The average Bonchev–Trinajstić information content (AvgIpc) is 3.68. The van der Waals surface area contributed by atoms with Crippen LogP contribution in [0.25, 0.3) is 0 Å². The second kappa shape index (κ2) is 9.68. The van der Waals surface area contributed by atoms with Gasteiger partial charge in [-0.05, 0) is 49.8 Å². The molecule has 1 atom stereocenters. The lowest BCUT2D eigenvalue weighted by Gasteiger charge is -2.38. The third-order valence-corrected chi connectivity index (χ3v) is 6.46. The number of piperidine rings is 1. The molecule has 2 heterocycles. The number of likely N-dealkylation sites (tertiary alicyclic amines) is 1. The molecule has 3 fully saturated rings. The normalized spacial score (nSPS) is 20.8. The van der Waals surface area contributed by atoms with Gasteiger partial charge in [-0.25, -0.2) is 0 Å². The first-order valence-corrected chi connectivity index (χ1v) is 11.2. The van der Waals surface area contributed by atoms with Crippen molar-refractivity contribution in [2.45, 2.75) is 31.7 Å². The quantitative estimate of drug-likeness (QED) is 0.737. The van der Waals surface area contributed by atoms with Gasteiger partial charge in [0, 0.05) is 37.7 Å². The number of hydrogen-bond donors (Lipinski definition) is 1. The van der Waals surface area contributed by atoms with E-state index in [1.54, 1.807) is 36.3 Å². The van der Waals surface area contributed by atoms with Gasteiger partial charge in [0.15, 0.2) is 0 Å². The summed E-state index contributed by atoms with van der Waals surface area (Å²) in [6.45, 7) is 3.36. The van der Waals surface area contributed by atoms with Gasteiger partial charge in [-0.3, -0.25) is 14.4 Å². The summed E-state index contributed by atoms with van der Waals surface area (Å²) in [5, 5.41) is 3.00. The Morgan fingerprint density at radius 3 is 2.39 bits per heavy atom. The number of carbonyl (C=O) groups excluding carboxylic acids is 3. The number of ether oxygens (including phenoxy) is 2. The van der Waals surface area contributed by atoms with E-state index in [9.17, 15) is 14.4 Å². The number of amides is 3. The van der Waals surface area contributed by atoms with Crippen LogP contribution < -0.4 is 10.1 Å². The zero-order valence-corrected chi connectivity index (χ0v) is 18.0. The van der Waals surface area contributed by atoms with Gasteiger partial charge in [-0.2, -0.15) is 0 Å². The third kappa shape index (κ3) is 5.18. The minimum atomic E-state index is -0.616. The van der Waals surface area contributed by atoms with Crippen molar-refractivity contribution in [3.05, 3.63) is 29.8 Å². The summed E-state index contributed by atoms with van der Waals surface area (Å²) in [6, 6.07) is 6.30. The summed E-state index contributed by atoms with van der Waals surface area (Å²) >= 11 is 0. The van der Waals surface area contributed by atoms with Gasteiger partial charge in [-0.1, -0.05) is 6.07 Å². The van der Waals surface area contributed by atoms with Crippen molar-refractivity contribution < 1.29 is 23.9 Å². The maximum Gasteiger partial charge on any atom is 0.252 e. The molecule has 1 aliphatic carbocycles. The second-order valence-corrected chi connectivity index (χ2v) is 8.56. The van der Waals surface area contributed by atoms with Crippen molar-refractivity contribution in [1.29, 1.82) is 0 Å². The zero-order chi connectivity index (χ0) is 21.8. The largest absolute Gasteiger partial charge is 0.497 e. The Hall–Kier alpha value is -2.61. The number of carbonyl (C=O) groups is 3. The number of nitrogens with one attached hydrogen (secondary N) is 1. The fraction of sp³-hybridized carbons (Fsp3) is 0.609. The van der Waals surface area contributed by atoms with Crippen LogP contribution >= 0.6 is 0 Å². The van der Waals surface area contributed by atoms with Crippen molar-refractivity contribution >= 4 is 17.7 Å². The molecule has 0 unspecified atom stereocenters. The number of hydrogen-bond acceptors (Lipinski definition) is 5. The van der Waals surface area contributed by atoms with E-state index in [2.05, 4.69) is 5.32 Å². The van der Waals surface area contributed by atoms with Crippen LogP contribution in [0.2, 0.25) is 0 Å². The Kier molecular flexibility index (Phi) is 6.75. The highest BCUT2D eigenvalue weighted by molar-refractivity contribution is 5.98. The minimum Gasteiger partial charge on any atom is -0.497 e. The summed E-state index contributed by atoms with van der Waals surface area (Å²) in [7, 11) is 1.55. The van der Waals surface area contributed by atoms with Crippen LogP contribution in [0.3, 0.4) is 0 Å². The number of rotatable bonds is 6. The Morgan fingerprint density at radius 1 is 1.03 bits per heavy atom. The van der Waals surface area contributed by atoms with Crippen molar-refractivity contribution in [1.82, 2.24) is 15.1 Å². The molecule has 168 valence electrons. The first-order valence-electron chi connectivity index (χ1n) is 11.2. The summed E-state index contributed by atoms with van der Waals surface area (Å²) in [5.74, 6) is 0.683. The molecule has 1 N–H and O–H groups in total. The minimum absolute atomic E-state index is 0.00634. The lowest BCUT2D eigenvalue weighted by atomic mass is 9.88. The van der Waals surface area contributed by atoms with E-state index < -0.39 is 6.04 Å². The highest BCUT2D eigenvalue weighted by atomic mass is 16.5. The first-order chi connectivity index (χ1) is 15.1. The zero-order valence-electron chi connectivity index (χ0n) is 18.0. The van der Waals surface area contributed by atoms with Crippen LogP contribution in [0.15, 0.2) is 24.3 Å². The van der Waals surface area contributed by atoms with Gasteiger partial charge >= 0.3 is 0 Å². The fourth-order valence-corrected chi connectivity index (χ4v) is 4.39. The molecule has 0 spiro atoms. The smallest absolute Gasteiger partial charge is 0.252 e. The molecule has 3 amide bonds. The van der Waals surface area contributed by atoms with Crippen LogP contribution in [0.4, 0.5) is 0 Å². The lowest BCUT2D eigenvalue weighted by Crippen LogP contribution is -2.56. The van der Waals surface area contributed by atoms with E-state index in [1.165, 1.54) is 0 Å². The van der Waals surface area contributed by atoms with Crippen molar-refractivity contribution in [3.63, 3.8) is 0 Å². The summed E-state index contributed by atoms with van der Waals surface area (Å²) in [5.41, 5.74) is 0.459. The molecular formula is C23H31N3O5. The highest BCUT2D eigenvalue weighted by Gasteiger charge is 2.39. The fourth-order valence-electron chi connectivity index (χ4n) is 4.39. The van der Waals surface area contributed by atoms with Gasteiger partial charge in [0.05, 0.1) is 20.3 Å². The Labute approximate surface area is 182 Å². The molecule has 8 nitrogen and oxygen atoms in total. The van der Waals surface area contributed by atoms with Gasteiger partial charge in [0.2, 0.25) is 11.8 Å². The maximum absolute atomic E-state index is 13.4. The molecule has 1 aromatic carbocycles. The number of morpholine rings is 1. The molecule has 0 bridgehead atoms. The van der Waals surface area contributed by atoms with Gasteiger partial charge < -0.3 is 24.6 Å². The summed E-state index contributed by atoms with van der Waals surface area (Å²) in [4.78, 5) is 42.5. The predicted octanol–water partition coefficient (Wildman–Crippen LogP) is 1.30. The van der Waals surface area contributed by atoms with E-state index in [4.69, 9.17) is 9.47 Å². The molecule has 31 heavy (non-hydrogen) atoms. The van der Waals surface area contributed by atoms with Crippen molar-refractivity contribution in [2.24, 2.45) is 11.8 Å². The monoisotopic (exact) mass is 429 g/mol. The van der Waals surface area contributed by atoms with Gasteiger partial charge in [0.25, 0.3) is 5.91 Å². The predicted molar refractivity (Wildman–Crippen MR) is 114 cm³/mol. The van der Waals surface area contributed by atoms with Gasteiger partial charge in [0.1, 0.15) is 11.8 Å². The molecule has 3 aliphatic rings. The van der Waals surface area contributed by atoms with Crippen LogP contribution in [-0.2, 0) is 14.3 Å². The number of nitrogens with zero attached hydrogens (tertiary/aromatic N) is 2. The van der Waals surface area contributed by atoms with E-state index in [0.29, 0.717) is 63.5 Å². The first kappa shape index (κ1) is 21.6. The SMILES string of the molecule is COc1cccc(C(=O)N[C@@H](C(=O)N2CCOCC2)C2CCN(C(=O)C3CC3)CC2)c1. The van der Waals surface area contributed by atoms with Crippen molar-refractivity contribution in [2.75, 3.05) is 46.5 Å². The van der Waals surface area contributed by atoms with Crippen LogP contribution in [0.5, 0.6) is 5.75 Å². The average molecular weight is 430 g/mol. The van der Waals surface area contributed by atoms with E-state index in [0.717, 1.165) is 12.8 Å². The molecule has 2 saturated heterocycles. The number of methoxy groups -OCH3 is 1. The molecule has 2 aliphatic heterocycles. The maximum atomic E-state index is 13.4. The molecule has 8 heteroatoms. The molecular weight excluding hydrogens is 398 g/mol. The van der Waals surface area contributed by atoms with Crippen LogP contribution in [0, 0.1) is 11.8 Å². The Bertz CT molecular complexity index is 811. The molecule has 0 radical (unpaired) electrons. The molecule has 4 rings (SSSR count). The third-order valence-electron chi connectivity index (χ3n) is 6.46. The van der Waals surface area contributed by atoms with Crippen molar-refractivity contribution in [3.8, 4) is 5.75 Å². The summed E-state index contributed by atoms with van der Waals surface area (Å²) < 4.78 is 10.6. The Balaban J connectivity index is 1.46. The van der Waals surface area contributed by atoms with Crippen LogP contribution in [-0.4, -0.2) is 80.1 Å².